The minimum Gasteiger partial charge on any atom is -0.494 e. The lowest BCUT2D eigenvalue weighted by atomic mass is 10.1. The standard InChI is InChI=1S/C15H23O/c1-2-3-4-5-6-7-11-14-16-15-12-9-8-10-13-15/h2,8-10,12-13H,3-7,11,14H2,1H3. The molecule has 0 saturated heterocycles. The number of hydrogen-bond donors (Lipinski definition) is 0. The van der Waals surface area contributed by atoms with Gasteiger partial charge in [-0.25, -0.2) is 0 Å². The Morgan fingerprint density at radius 1 is 0.938 bits per heavy atom. The van der Waals surface area contributed by atoms with Crippen LogP contribution in [-0.4, -0.2) is 6.61 Å². The Balaban J connectivity index is 1.89. The quantitative estimate of drug-likeness (QED) is 0.550. The molecule has 0 saturated carbocycles. The van der Waals surface area contributed by atoms with Crippen LogP contribution in [0.3, 0.4) is 0 Å². The van der Waals surface area contributed by atoms with E-state index in [1.54, 1.807) is 0 Å². The zero-order valence-corrected chi connectivity index (χ0v) is 10.3. The van der Waals surface area contributed by atoms with Crippen LogP contribution in [0.2, 0.25) is 0 Å². The van der Waals surface area contributed by atoms with E-state index < -0.39 is 0 Å². The van der Waals surface area contributed by atoms with Crippen molar-refractivity contribution in [2.45, 2.75) is 45.4 Å². The van der Waals surface area contributed by atoms with Crippen LogP contribution in [0.15, 0.2) is 30.3 Å². The van der Waals surface area contributed by atoms with Crippen molar-refractivity contribution in [3.05, 3.63) is 36.8 Å². The second kappa shape index (κ2) is 9.26. The molecular weight excluding hydrogens is 196 g/mol. The molecule has 1 radical (unpaired) electrons. The van der Waals surface area contributed by atoms with E-state index in [0.29, 0.717) is 0 Å². The monoisotopic (exact) mass is 219 g/mol. The van der Waals surface area contributed by atoms with Gasteiger partial charge in [0.2, 0.25) is 0 Å². The second-order valence-electron chi connectivity index (χ2n) is 4.13. The maximum absolute atomic E-state index is 5.63. The molecule has 0 spiro atoms. The predicted octanol–water partition coefficient (Wildman–Crippen LogP) is 4.63. The molecule has 0 N–H and O–H groups in total. The zero-order chi connectivity index (χ0) is 11.5. The average Bonchev–Trinajstić information content (AvgIpc) is 2.34. The third kappa shape index (κ3) is 6.49. The highest BCUT2D eigenvalue weighted by Crippen LogP contribution is 2.10. The molecular formula is C15H23O. The van der Waals surface area contributed by atoms with Gasteiger partial charge in [-0.05, 0) is 25.0 Å². The summed E-state index contributed by atoms with van der Waals surface area (Å²) in [4.78, 5) is 0. The van der Waals surface area contributed by atoms with Crippen LogP contribution >= 0.6 is 0 Å². The van der Waals surface area contributed by atoms with Gasteiger partial charge in [0.05, 0.1) is 6.61 Å². The van der Waals surface area contributed by atoms with E-state index >= 15 is 0 Å². The van der Waals surface area contributed by atoms with Crippen LogP contribution in [-0.2, 0) is 0 Å². The minimum atomic E-state index is 0.851. The summed E-state index contributed by atoms with van der Waals surface area (Å²) in [6.07, 6.45) is 10.0. The average molecular weight is 219 g/mol. The summed E-state index contributed by atoms with van der Waals surface area (Å²) in [6.45, 7) is 2.98. The van der Waals surface area contributed by atoms with Crippen LogP contribution in [0.1, 0.15) is 45.4 Å². The molecule has 0 atom stereocenters. The summed E-state index contributed by atoms with van der Waals surface area (Å²) in [5, 5.41) is 0. The van der Waals surface area contributed by atoms with Crippen LogP contribution in [0, 0.1) is 6.42 Å². The van der Waals surface area contributed by atoms with Crippen LogP contribution in [0.5, 0.6) is 5.75 Å². The second-order valence-corrected chi connectivity index (χ2v) is 4.13. The summed E-state index contributed by atoms with van der Waals surface area (Å²) in [5.74, 6) is 0.989. The molecule has 1 nitrogen and oxygen atoms in total. The van der Waals surface area contributed by atoms with Gasteiger partial charge >= 0.3 is 0 Å². The summed E-state index contributed by atoms with van der Waals surface area (Å²) in [6, 6.07) is 10.1. The third-order valence-corrected chi connectivity index (χ3v) is 2.65. The van der Waals surface area contributed by atoms with Gasteiger partial charge in [-0.15, -0.1) is 0 Å². The van der Waals surface area contributed by atoms with E-state index in [0.717, 1.165) is 12.4 Å². The lowest BCUT2D eigenvalue weighted by Crippen LogP contribution is -1.96. The zero-order valence-electron chi connectivity index (χ0n) is 10.3. The highest BCUT2D eigenvalue weighted by Gasteiger charge is 1.93. The highest BCUT2D eigenvalue weighted by atomic mass is 16.5. The topological polar surface area (TPSA) is 9.23 Å². The Bertz CT molecular complexity index is 243. The lowest BCUT2D eigenvalue weighted by molar-refractivity contribution is 0.304. The van der Waals surface area contributed by atoms with Gasteiger partial charge in [0.15, 0.2) is 0 Å². The van der Waals surface area contributed by atoms with Gasteiger partial charge in [0, 0.05) is 0 Å². The van der Waals surface area contributed by atoms with Crippen molar-refractivity contribution in [3.8, 4) is 5.75 Å². The highest BCUT2D eigenvalue weighted by molar-refractivity contribution is 5.20. The summed E-state index contributed by atoms with van der Waals surface area (Å²) in [7, 11) is 0. The number of unbranched alkanes of at least 4 members (excludes halogenated alkanes) is 6. The maximum atomic E-state index is 5.63. The molecule has 1 heteroatoms. The molecule has 89 valence electrons. The molecule has 1 aromatic rings. The van der Waals surface area contributed by atoms with E-state index in [4.69, 9.17) is 4.74 Å². The molecule has 0 aliphatic heterocycles. The maximum Gasteiger partial charge on any atom is 0.119 e. The van der Waals surface area contributed by atoms with Crippen molar-refractivity contribution in [1.29, 1.82) is 0 Å². The number of rotatable bonds is 9. The third-order valence-electron chi connectivity index (χ3n) is 2.65. The summed E-state index contributed by atoms with van der Waals surface area (Å²) >= 11 is 0. The Kier molecular flexibility index (Phi) is 7.57. The molecule has 0 bridgehead atoms. The molecule has 0 unspecified atom stereocenters. The van der Waals surface area contributed by atoms with E-state index in [-0.39, 0.29) is 0 Å². The molecule has 1 aromatic carbocycles. The van der Waals surface area contributed by atoms with E-state index in [9.17, 15) is 0 Å². The number of ether oxygens (including phenoxy) is 1. The molecule has 0 aliphatic carbocycles. The number of para-hydroxylation sites is 1. The molecule has 0 amide bonds. The van der Waals surface area contributed by atoms with Crippen molar-refractivity contribution in [2.75, 3.05) is 6.61 Å². The predicted molar refractivity (Wildman–Crippen MR) is 69.6 cm³/mol. The first-order chi connectivity index (χ1) is 7.93. The number of hydrogen-bond acceptors (Lipinski definition) is 1. The van der Waals surface area contributed by atoms with Crippen molar-refractivity contribution in [1.82, 2.24) is 0 Å². The van der Waals surface area contributed by atoms with Crippen LogP contribution in [0.4, 0.5) is 0 Å². The molecule has 0 fully saturated rings. The Morgan fingerprint density at radius 2 is 1.62 bits per heavy atom. The normalized spacial score (nSPS) is 10.3. The van der Waals surface area contributed by atoms with Gasteiger partial charge in [-0.3, -0.25) is 0 Å². The summed E-state index contributed by atoms with van der Waals surface area (Å²) in [5.41, 5.74) is 0. The smallest absolute Gasteiger partial charge is 0.119 e. The van der Waals surface area contributed by atoms with Crippen LogP contribution in [0.25, 0.3) is 0 Å². The van der Waals surface area contributed by atoms with Crippen molar-refractivity contribution < 1.29 is 4.74 Å². The van der Waals surface area contributed by atoms with Crippen molar-refractivity contribution in [2.24, 2.45) is 0 Å². The fourth-order valence-electron chi connectivity index (χ4n) is 1.69. The molecule has 16 heavy (non-hydrogen) atoms. The summed E-state index contributed by atoms with van der Waals surface area (Å²) < 4.78 is 5.63. The fraction of sp³-hybridized carbons (Fsp3) is 0.533. The van der Waals surface area contributed by atoms with Crippen molar-refractivity contribution >= 4 is 0 Å². The molecule has 1 rings (SSSR count). The Hall–Kier alpha value is -0.980. The minimum absolute atomic E-state index is 0.851. The van der Waals surface area contributed by atoms with Gasteiger partial charge in [0.1, 0.15) is 5.75 Å². The fourth-order valence-corrected chi connectivity index (χ4v) is 1.69. The molecule has 0 aromatic heterocycles. The largest absolute Gasteiger partial charge is 0.494 e. The van der Waals surface area contributed by atoms with Gasteiger partial charge in [-0.2, -0.15) is 0 Å². The first-order valence-corrected chi connectivity index (χ1v) is 6.39. The van der Waals surface area contributed by atoms with Gasteiger partial charge in [-0.1, -0.05) is 57.2 Å². The lowest BCUT2D eigenvalue weighted by Gasteiger charge is -2.05. The van der Waals surface area contributed by atoms with Crippen molar-refractivity contribution in [3.63, 3.8) is 0 Å². The van der Waals surface area contributed by atoms with E-state index in [2.05, 4.69) is 13.3 Å². The Labute approximate surface area is 99.8 Å². The van der Waals surface area contributed by atoms with Gasteiger partial charge < -0.3 is 4.74 Å². The first kappa shape index (κ1) is 13.1. The SMILES string of the molecule is C[CH]CCCCCCCOc1ccccc1. The molecule has 0 aliphatic rings. The van der Waals surface area contributed by atoms with Gasteiger partial charge in [0.25, 0.3) is 0 Å². The first-order valence-electron chi connectivity index (χ1n) is 6.39. The van der Waals surface area contributed by atoms with E-state index in [1.807, 2.05) is 30.3 Å². The Morgan fingerprint density at radius 3 is 2.38 bits per heavy atom. The number of benzene rings is 1. The van der Waals surface area contributed by atoms with E-state index in [1.165, 1.54) is 38.5 Å². The van der Waals surface area contributed by atoms with Crippen LogP contribution < -0.4 is 4.74 Å². The molecule has 0 heterocycles.